The molecule has 0 saturated heterocycles. The number of pyridine rings is 1. The van der Waals surface area contributed by atoms with E-state index in [1.807, 2.05) is 37.4 Å². The lowest BCUT2D eigenvalue weighted by Gasteiger charge is -2.14. The summed E-state index contributed by atoms with van der Waals surface area (Å²) in [5, 5.41) is 3.43. The van der Waals surface area contributed by atoms with E-state index in [1.165, 1.54) is 17.2 Å². The van der Waals surface area contributed by atoms with Crippen molar-refractivity contribution >= 4 is 5.78 Å². The predicted octanol–water partition coefficient (Wildman–Crippen LogP) is 6.05. The number of aryl methyl sites for hydroxylation is 1. The molecular weight excluding hydrogens is 399 g/mol. The molecule has 0 radical (unpaired) electrons. The summed E-state index contributed by atoms with van der Waals surface area (Å²) < 4.78 is 13.5. The van der Waals surface area contributed by atoms with Crippen LogP contribution in [-0.4, -0.2) is 17.3 Å². The van der Waals surface area contributed by atoms with Gasteiger partial charge in [0.15, 0.2) is 5.78 Å². The van der Waals surface area contributed by atoms with E-state index in [-0.39, 0.29) is 11.6 Å². The van der Waals surface area contributed by atoms with Crippen molar-refractivity contribution in [2.45, 2.75) is 46.0 Å². The summed E-state index contributed by atoms with van der Waals surface area (Å²) >= 11 is 0. The molecule has 1 aromatic heterocycles. The molecule has 1 N–H and O–H groups in total. The fraction of sp³-hybridized carbons (Fsp3) is 0.286. The SMILES string of the molecule is C/C=C(/C)C1=CC=C(C(=O)CCCc2cccnc2)C(NCCc2cccc(F)c2)=CC1. The Bertz CT molecular complexity index is 1050. The first kappa shape index (κ1) is 23.4. The van der Waals surface area contributed by atoms with E-state index in [0.717, 1.165) is 36.1 Å². The molecule has 0 amide bonds. The zero-order valence-corrected chi connectivity index (χ0v) is 18.9. The number of carbonyl (C=O) groups is 1. The fourth-order valence-electron chi connectivity index (χ4n) is 3.72. The van der Waals surface area contributed by atoms with Crippen molar-refractivity contribution in [3.8, 4) is 0 Å². The van der Waals surface area contributed by atoms with E-state index in [1.54, 1.807) is 18.3 Å². The number of hydrogen-bond acceptors (Lipinski definition) is 3. The third kappa shape index (κ3) is 6.88. The second-order valence-corrected chi connectivity index (χ2v) is 8.01. The van der Waals surface area contributed by atoms with Crippen LogP contribution in [0.3, 0.4) is 0 Å². The summed E-state index contributed by atoms with van der Waals surface area (Å²) in [5.74, 6) is -0.0924. The van der Waals surface area contributed by atoms with Gasteiger partial charge in [-0.15, -0.1) is 0 Å². The average molecular weight is 431 g/mol. The Labute approximate surface area is 190 Å². The Morgan fingerprint density at radius 1 is 1.16 bits per heavy atom. The van der Waals surface area contributed by atoms with E-state index in [2.05, 4.69) is 35.5 Å². The second-order valence-electron chi connectivity index (χ2n) is 8.01. The smallest absolute Gasteiger partial charge is 0.164 e. The lowest BCUT2D eigenvalue weighted by molar-refractivity contribution is -0.115. The first-order valence-electron chi connectivity index (χ1n) is 11.2. The van der Waals surface area contributed by atoms with Crippen molar-refractivity contribution in [2.75, 3.05) is 6.54 Å². The first-order valence-corrected chi connectivity index (χ1v) is 11.2. The van der Waals surface area contributed by atoms with Crippen LogP contribution in [0.5, 0.6) is 0 Å². The fourth-order valence-corrected chi connectivity index (χ4v) is 3.72. The van der Waals surface area contributed by atoms with Crippen LogP contribution in [0.4, 0.5) is 4.39 Å². The highest BCUT2D eigenvalue weighted by Gasteiger charge is 2.16. The monoisotopic (exact) mass is 430 g/mol. The third-order valence-corrected chi connectivity index (χ3v) is 5.72. The number of ketones is 1. The summed E-state index contributed by atoms with van der Waals surface area (Å²) in [6, 6.07) is 10.6. The van der Waals surface area contributed by atoms with Gasteiger partial charge in [-0.25, -0.2) is 4.39 Å². The molecule has 1 aromatic carbocycles. The zero-order valence-electron chi connectivity index (χ0n) is 18.9. The average Bonchev–Trinajstić information content (AvgIpc) is 3.02. The van der Waals surface area contributed by atoms with Gasteiger partial charge in [0.25, 0.3) is 0 Å². The number of aromatic nitrogens is 1. The van der Waals surface area contributed by atoms with Crippen LogP contribution in [-0.2, 0) is 17.6 Å². The molecule has 0 aliphatic heterocycles. The van der Waals surface area contributed by atoms with Gasteiger partial charge in [0, 0.05) is 36.6 Å². The minimum Gasteiger partial charge on any atom is -0.384 e. The van der Waals surface area contributed by atoms with Gasteiger partial charge < -0.3 is 5.32 Å². The second kappa shape index (κ2) is 11.9. The van der Waals surface area contributed by atoms with Gasteiger partial charge >= 0.3 is 0 Å². The zero-order chi connectivity index (χ0) is 22.8. The Hall–Kier alpha value is -3.27. The topological polar surface area (TPSA) is 42.0 Å². The first-order chi connectivity index (χ1) is 15.6. The van der Waals surface area contributed by atoms with E-state index < -0.39 is 0 Å². The van der Waals surface area contributed by atoms with E-state index in [9.17, 15) is 9.18 Å². The van der Waals surface area contributed by atoms with Crippen molar-refractivity contribution in [3.05, 3.63) is 112 Å². The van der Waals surface area contributed by atoms with Crippen LogP contribution in [0.15, 0.2) is 95.5 Å². The Morgan fingerprint density at radius 2 is 2.00 bits per heavy atom. The third-order valence-electron chi connectivity index (χ3n) is 5.72. The van der Waals surface area contributed by atoms with Crippen LogP contribution in [0.2, 0.25) is 0 Å². The standard InChI is InChI=1S/C28H31FN2O/c1-3-21(2)24-12-14-26(28(32)11-5-8-23-9-6-17-30-20-23)27(15-13-24)31-18-16-22-7-4-10-25(29)19-22/h3-4,6-7,9-10,12,14-15,17,19-20,31H,5,8,11,13,16,18H2,1-2H3/b21-3-. The molecule has 166 valence electrons. The summed E-state index contributed by atoms with van der Waals surface area (Å²) in [5.41, 5.74) is 6.07. The predicted molar refractivity (Wildman–Crippen MR) is 129 cm³/mol. The highest BCUT2D eigenvalue weighted by Crippen LogP contribution is 2.23. The van der Waals surface area contributed by atoms with E-state index >= 15 is 0 Å². The van der Waals surface area contributed by atoms with Crippen LogP contribution in [0.25, 0.3) is 0 Å². The van der Waals surface area contributed by atoms with Crippen LogP contribution >= 0.6 is 0 Å². The molecule has 0 spiro atoms. The molecular formula is C28H31FN2O. The number of nitrogens with zero attached hydrogens (tertiary/aromatic N) is 1. The van der Waals surface area contributed by atoms with E-state index in [0.29, 0.717) is 25.0 Å². The van der Waals surface area contributed by atoms with Crippen LogP contribution in [0, 0.1) is 5.82 Å². The maximum Gasteiger partial charge on any atom is 0.164 e. The number of rotatable bonds is 10. The molecule has 2 aromatic rings. The summed E-state index contributed by atoms with van der Waals surface area (Å²) in [6.45, 7) is 4.75. The van der Waals surface area contributed by atoms with E-state index in [4.69, 9.17) is 0 Å². The van der Waals surface area contributed by atoms with Crippen molar-refractivity contribution in [2.24, 2.45) is 0 Å². The number of allylic oxidation sites excluding steroid dienone is 7. The number of hydrogen-bond donors (Lipinski definition) is 1. The summed E-state index contributed by atoms with van der Waals surface area (Å²) in [6.07, 6.45) is 15.3. The molecule has 1 heterocycles. The quantitative estimate of drug-likeness (QED) is 0.499. The van der Waals surface area contributed by atoms with Gasteiger partial charge in [0.2, 0.25) is 0 Å². The Kier molecular flexibility index (Phi) is 8.73. The van der Waals surface area contributed by atoms with Crippen molar-refractivity contribution in [3.63, 3.8) is 0 Å². The van der Waals surface area contributed by atoms with Crippen LogP contribution in [0.1, 0.15) is 44.2 Å². The molecule has 1 aliphatic rings. The molecule has 1 aliphatic carbocycles. The molecule has 4 heteroatoms. The van der Waals surface area contributed by atoms with Gasteiger partial charge in [-0.3, -0.25) is 9.78 Å². The minimum absolute atomic E-state index is 0.133. The minimum atomic E-state index is -0.226. The lowest BCUT2D eigenvalue weighted by Crippen LogP contribution is -2.21. The van der Waals surface area contributed by atoms with Gasteiger partial charge in [0.05, 0.1) is 0 Å². The van der Waals surface area contributed by atoms with Crippen molar-refractivity contribution in [1.29, 1.82) is 0 Å². The summed E-state index contributed by atoms with van der Waals surface area (Å²) in [7, 11) is 0. The molecule has 0 fully saturated rings. The Balaban J connectivity index is 1.67. The van der Waals surface area contributed by atoms with Gasteiger partial charge in [-0.05, 0) is 80.5 Å². The van der Waals surface area contributed by atoms with Crippen molar-refractivity contribution in [1.82, 2.24) is 10.3 Å². The number of Topliss-reactive ketones (excluding diaryl/α,β-unsaturated/α-hetero) is 1. The molecule has 0 bridgehead atoms. The molecule has 3 nitrogen and oxygen atoms in total. The normalized spacial score (nSPS) is 14.2. The molecule has 3 rings (SSSR count). The molecule has 32 heavy (non-hydrogen) atoms. The highest BCUT2D eigenvalue weighted by molar-refractivity contribution is 5.99. The molecule has 0 atom stereocenters. The lowest BCUT2D eigenvalue weighted by atomic mass is 10.0. The Morgan fingerprint density at radius 3 is 2.75 bits per heavy atom. The number of halogens is 1. The maximum absolute atomic E-state index is 13.5. The highest BCUT2D eigenvalue weighted by atomic mass is 19.1. The van der Waals surface area contributed by atoms with Crippen LogP contribution < -0.4 is 5.32 Å². The number of benzene rings is 1. The largest absolute Gasteiger partial charge is 0.384 e. The molecule has 0 unspecified atom stereocenters. The number of nitrogens with one attached hydrogen (secondary N) is 1. The maximum atomic E-state index is 13.5. The molecule has 0 saturated carbocycles. The van der Waals surface area contributed by atoms with Gasteiger partial charge in [-0.1, -0.05) is 42.0 Å². The number of carbonyl (C=O) groups excluding carboxylic acids is 1. The van der Waals surface area contributed by atoms with Crippen molar-refractivity contribution < 1.29 is 9.18 Å². The van der Waals surface area contributed by atoms with Gasteiger partial charge in [0.1, 0.15) is 5.82 Å². The van der Waals surface area contributed by atoms with Gasteiger partial charge in [-0.2, -0.15) is 0 Å². The summed E-state index contributed by atoms with van der Waals surface area (Å²) in [4.78, 5) is 17.3.